The number of carbonyl (C=O) groups is 1. The van der Waals surface area contributed by atoms with Crippen molar-refractivity contribution in [2.45, 2.75) is 19.8 Å². The van der Waals surface area contributed by atoms with Crippen molar-refractivity contribution in [3.63, 3.8) is 0 Å². The first-order chi connectivity index (χ1) is 6.15. The fraction of sp³-hybridized carbons (Fsp3) is 0.700. The van der Waals surface area contributed by atoms with Gasteiger partial charge in [0.2, 0.25) is 0 Å². The molecule has 0 aliphatic carbocycles. The van der Waals surface area contributed by atoms with Gasteiger partial charge in [-0.1, -0.05) is 6.58 Å². The number of hydrogen-bond acceptors (Lipinski definition) is 3. The second-order valence-electron chi connectivity index (χ2n) is 3.43. The van der Waals surface area contributed by atoms with Crippen LogP contribution in [0.25, 0.3) is 0 Å². The number of likely N-dealkylation sites (tertiary alicyclic amines) is 1. The van der Waals surface area contributed by atoms with Gasteiger partial charge in [-0.3, -0.25) is 4.79 Å². The van der Waals surface area contributed by atoms with Crippen molar-refractivity contribution >= 4 is 5.97 Å². The first-order valence-corrected chi connectivity index (χ1v) is 4.70. The lowest BCUT2D eigenvalue weighted by Gasteiger charge is -2.31. The lowest BCUT2D eigenvalue weighted by molar-refractivity contribution is -0.148. The van der Waals surface area contributed by atoms with Crippen LogP contribution in [0.2, 0.25) is 0 Å². The van der Waals surface area contributed by atoms with Gasteiger partial charge >= 0.3 is 5.97 Å². The molecule has 0 saturated carbocycles. The number of allylic oxidation sites excluding steroid dienone is 1. The van der Waals surface area contributed by atoms with Gasteiger partial charge in [0, 0.05) is 25.7 Å². The first-order valence-electron chi connectivity index (χ1n) is 4.70. The third-order valence-electron chi connectivity index (χ3n) is 2.45. The summed E-state index contributed by atoms with van der Waals surface area (Å²) in [6, 6.07) is 0. The maximum atomic E-state index is 11.4. The van der Waals surface area contributed by atoms with Gasteiger partial charge in [-0.15, -0.1) is 0 Å². The fourth-order valence-corrected chi connectivity index (χ4v) is 1.51. The predicted octanol–water partition coefficient (Wildman–Crippen LogP) is 1.41. The Balaban J connectivity index is 2.45. The molecule has 1 aliphatic heterocycles. The molecule has 74 valence electrons. The second kappa shape index (κ2) is 4.30. The molecule has 1 atom stereocenters. The average molecular weight is 183 g/mol. The Kier molecular flexibility index (Phi) is 3.34. The number of carbonyl (C=O) groups excluding carboxylic acids is 1. The Labute approximate surface area is 79.4 Å². The van der Waals surface area contributed by atoms with Crippen LogP contribution < -0.4 is 0 Å². The van der Waals surface area contributed by atoms with Gasteiger partial charge in [-0.2, -0.15) is 0 Å². The Bertz CT molecular complexity index is 213. The van der Waals surface area contributed by atoms with Gasteiger partial charge in [0.15, 0.2) is 0 Å². The largest absolute Gasteiger partial charge is 0.466 e. The summed E-state index contributed by atoms with van der Waals surface area (Å²) in [5, 5.41) is 0. The summed E-state index contributed by atoms with van der Waals surface area (Å²) in [4.78, 5) is 13.5. The number of hydrogen-bond donors (Lipinski definition) is 0. The summed E-state index contributed by atoms with van der Waals surface area (Å²) in [7, 11) is 2.00. The highest BCUT2D eigenvalue weighted by molar-refractivity contribution is 5.72. The van der Waals surface area contributed by atoms with Gasteiger partial charge in [0.25, 0.3) is 0 Å². The van der Waals surface area contributed by atoms with Crippen LogP contribution in [-0.2, 0) is 9.53 Å². The molecular formula is C10H17NO2. The zero-order valence-corrected chi connectivity index (χ0v) is 8.38. The summed E-state index contributed by atoms with van der Waals surface area (Å²) in [6.07, 6.45) is 1.63. The predicted molar refractivity (Wildman–Crippen MR) is 51.1 cm³/mol. The van der Waals surface area contributed by atoms with Gasteiger partial charge in [-0.05, 0) is 13.3 Å². The molecule has 1 saturated heterocycles. The quantitative estimate of drug-likeness (QED) is 0.606. The molecule has 0 aromatic rings. The van der Waals surface area contributed by atoms with E-state index in [2.05, 4.69) is 11.5 Å². The van der Waals surface area contributed by atoms with Gasteiger partial charge < -0.3 is 9.64 Å². The van der Waals surface area contributed by atoms with E-state index in [0.717, 1.165) is 25.1 Å². The van der Waals surface area contributed by atoms with Gasteiger partial charge in [0.1, 0.15) is 0 Å². The van der Waals surface area contributed by atoms with Crippen molar-refractivity contribution in [1.29, 1.82) is 0 Å². The monoisotopic (exact) mass is 183 g/mol. The molecule has 3 nitrogen and oxygen atoms in total. The standard InChI is InChI=1S/C10H17NO2/c1-4-13-10(12)9-5-6-11(3)8(2)7-9/h9H,2,4-7H2,1,3H3/t9-/m1/s1. The van der Waals surface area contributed by atoms with Crippen LogP contribution in [0.5, 0.6) is 0 Å². The SMILES string of the molecule is C=C1C[C@H](C(=O)OCC)CCN1C. The van der Waals surface area contributed by atoms with E-state index in [4.69, 9.17) is 4.74 Å². The lowest BCUT2D eigenvalue weighted by atomic mass is 9.95. The minimum atomic E-state index is -0.0725. The maximum absolute atomic E-state index is 11.4. The van der Waals surface area contributed by atoms with Crippen molar-refractivity contribution < 1.29 is 9.53 Å². The fourth-order valence-electron chi connectivity index (χ4n) is 1.51. The van der Waals surface area contributed by atoms with E-state index in [0.29, 0.717) is 6.61 Å². The number of nitrogens with zero attached hydrogens (tertiary/aromatic N) is 1. The lowest BCUT2D eigenvalue weighted by Crippen LogP contribution is -2.32. The van der Waals surface area contributed by atoms with Gasteiger partial charge in [0.05, 0.1) is 12.5 Å². The molecule has 0 bridgehead atoms. The molecule has 1 fully saturated rings. The van der Waals surface area contributed by atoms with E-state index < -0.39 is 0 Å². The highest BCUT2D eigenvalue weighted by Crippen LogP contribution is 2.24. The highest BCUT2D eigenvalue weighted by Gasteiger charge is 2.26. The average Bonchev–Trinajstić information content (AvgIpc) is 2.10. The van der Waals surface area contributed by atoms with Crippen LogP contribution in [0, 0.1) is 5.92 Å². The second-order valence-corrected chi connectivity index (χ2v) is 3.43. The summed E-state index contributed by atoms with van der Waals surface area (Å²) < 4.78 is 4.97. The Morgan fingerprint density at radius 3 is 3.00 bits per heavy atom. The molecule has 1 heterocycles. The van der Waals surface area contributed by atoms with Crippen molar-refractivity contribution in [3.05, 3.63) is 12.3 Å². The van der Waals surface area contributed by atoms with Crippen LogP contribution in [0.1, 0.15) is 19.8 Å². The van der Waals surface area contributed by atoms with Crippen molar-refractivity contribution in [2.24, 2.45) is 5.92 Å². The molecule has 0 unspecified atom stereocenters. The molecule has 3 heteroatoms. The van der Waals surface area contributed by atoms with E-state index in [9.17, 15) is 4.79 Å². The van der Waals surface area contributed by atoms with E-state index in [1.807, 2.05) is 14.0 Å². The number of esters is 1. The topological polar surface area (TPSA) is 29.5 Å². The molecular weight excluding hydrogens is 166 g/mol. The van der Waals surface area contributed by atoms with Crippen molar-refractivity contribution in [2.75, 3.05) is 20.2 Å². The van der Waals surface area contributed by atoms with Crippen molar-refractivity contribution in [1.82, 2.24) is 4.90 Å². The maximum Gasteiger partial charge on any atom is 0.309 e. The van der Waals surface area contributed by atoms with Crippen LogP contribution in [0.4, 0.5) is 0 Å². The van der Waals surface area contributed by atoms with Crippen LogP contribution in [0.15, 0.2) is 12.3 Å². The van der Waals surface area contributed by atoms with E-state index >= 15 is 0 Å². The third-order valence-corrected chi connectivity index (χ3v) is 2.45. The first kappa shape index (κ1) is 10.1. The van der Waals surface area contributed by atoms with Crippen LogP contribution >= 0.6 is 0 Å². The molecule has 0 radical (unpaired) electrons. The molecule has 1 aliphatic rings. The normalized spacial score (nSPS) is 23.1. The Hall–Kier alpha value is -0.990. The van der Waals surface area contributed by atoms with E-state index in [-0.39, 0.29) is 11.9 Å². The summed E-state index contributed by atoms with van der Waals surface area (Å²) >= 11 is 0. The zero-order valence-electron chi connectivity index (χ0n) is 8.38. The third kappa shape index (κ3) is 2.47. The number of ether oxygens (including phenoxy) is 1. The molecule has 0 N–H and O–H groups in total. The summed E-state index contributed by atoms with van der Waals surface area (Å²) in [5.74, 6) is -0.0413. The zero-order chi connectivity index (χ0) is 9.84. The molecule has 0 spiro atoms. The number of rotatable bonds is 2. The van der Waals surface area contributed by atoms with Crippen LogP contribution in [-0.4, -0.2) is 31.1 Å². The molecule has 0 amide bonds. The minimum Gasteiger partial charge on any atom is -0.466 e. The smallest absolute Gasteiger partial charge is 0.309 e. The molecule has 13 heavy (non-hydrogen) atoms. The Morgan fingerprint density at radius 1 is 1.77 bits per heavy atom. The van der Waals surface area contributed by atoms with E-state index in [1.54, 1.807) is 0 Å². The van der Waals surface area contributed by atoms with Gasteiger partial charge in [-0.25, -0.2) is 0 Å². The van der Waals surface area contributed by atoms with Crippen molar-refractivity contribution in [3.8, 4) is 0 Å². The minimum absolute atomic E-state index is 0.0312. The molecule has 1 rings (SSSR count). The Morgan fingerprint density at radius 2 is 2.46 bits per heavy atom. The molecule has 0 aromatic heterocycles. The highest BCUT2D eigenvalue weighted by atomic mass is 16.5. The summed E-state index contributed by atoms with van der Waals surface area (Å²) in [5.41, 5.74) is 1.03. The van der Waals surface area contributed by atoms with E-state index in [1.165, 1.54) is 0 Å². The molecule has 0 aromatic carbocycles. The number of piperidine rings is 1. The summed E-state index contributed by atoms with van der Waals surface area (Å²) in [6.45, 7) is 7.12. The van der Waals surface area contributed by atoms with Crippen LogP contribution in [0.3, 0.4) is 0 Å².